The molecule has 0 aromatic heterocycles. The minimum absolute atomic E-state index is 0.555. The van der Waals surface area contributed by atoms with Crippen LogP contribution < -0.4 is 0 Å². The van der Waals surface area contributed by atoms with Gasteiger partial charge in [-0.05, 0) is 83.7 Å². The van der Waals surface area contributed by atoms with E-state index in [0.29, 0.717) is 5.41 Å². The van der Waals surface area contributed by atoms with Crippen molar-refractivity contribution in [3.8, 4) is 0 Å². The maximum Gasteiger partial charge on any atom is 0.0120 e. The van der Waals surface area contributed by atoms with Gasteiger partial charge >= 0.3 is 0 Å². The zero-order chi connectivity index (χ0) is 24.0. The molecule has 0 saturated carbocycles. The van der Waals surface area contributed by atoms with Crippen LogP contribution in [-0.2, 0) is 0 Å². The summed E-state index contributed by atoms with van der Waals surface area (Å²) in [6.07, 6.45) is 11.0. The van der Waals surface area contributed by atoms with Crippen molar-refractivity contribution in [3.63, 3.8) is 0 Å². The maximum absolute atomic E-state index is 2.87. The molecule has 0 aromatic rings. The standard InChI is InChI=1S/C24H48N4.2C2H6/c1-5-24(3,6-2)12-17-26-14-9-23(10-15-26)27-13-7-8-22(11-16-27)28-20-18-25(4)19-21-28;2*1-2/h22-23H,5-21H2,1-4H3;2*1-2H3. The van der Waals surface area contributed by atoms with E-state index in [1.54, 1.807) is 0 Å². The van der Waals surface area contributed by atoms with Crippen LogP contribution in [0.5, 0.6) is 0 Å². The van der Waals surface area contributed by atoms with E-state index >= 15 is 0 Å². The molecule has 1 unspecified atom stereocenters. The predicted molar refractivity (Wildman–Crippen MR) is 144 cm³/mol. The van der Waals surface area contributed by atoms with Gasteiger partial charge in [-0.15, -0.1) is 0 Å². The summed E-state index contributed by atoms with van der Waals surface area (Å²) >= 11 is 0. The fourth-order valence-electron chi connectivity index (χ4n) is 5.56. The van der Waals surface area contributed by atoms with E-state index in [4.69, 9.17) is 0 Å². The topological polar surface area (TPSA) is 13.0 Å². The summed E-state index contributed by atoms with van der Waals surface area (Å²) in [5.41, 5.74) is 0.555. The van der Waals surface area contributed by atoms with E-state index in [-0.39, 0.29) is 0 Å². The van der Waals surface area contributed by atoms with Crippen LogP contribution in [0.15, 0.2) is 0 Å². The van der Waals surface area contributed by atoms with Crippen LogP contribution in [0.25, 0.3) is 0 Å². The molecule has 3 rings (SSSR count). The molecule has 0 N–H and O–H groups in total. The Morgan fingerprint density at radius 1 is 0.656 bits per heavy atom. The quantitative estimate of drug-likeness (QED) is 0.482. The fraction of sp³-hybridized carbons (Fsp3) is 1.00. The lowest BCUT2D eigenvalue weighted by Crippen LogP contribution is -2.49. The summed E-state index contributed by atoms with van der Waals surface area (Å²) in [6, 6.07) is 1.70. The Bertz CT molecular complexity index is 435. The number of hydrogen-bond acceptors (Lipinski definition) is 4. The molecule has 0 bridgehead atoms. The maximum atomic E-state index is 2.87. The van der Waals surface area contributed by atoms with Gasteiger partial charge in [-0.3, -0.25) is 4.90 Å². The number of piperidine rings is 1. The summed E-state index contributed by atoms with van der Waals surface area (Å²) in [7, 11) is 2.27. The predicted octanol–water partition coefficient (Wildman–Crippen LogP) is 5.82. The summed E-state index contributed by atoms with van der Waals surface area (Å²) in [5, 5.41) is 0. The smallest absolute Gasteiger partial charge is 0.0120 e. The number of nitrogens with zero attached hydrogens (tertiary/aromatic N) is 4. The molecule has 0 spiro atoms. The van der Waals surface area contributed by atoms with Crippen LogP contribution in [0.3, 0.4) is 0 Å². The fourth-order valence-corrected chi connectivity index (χ4v) is 5.56. The average molecular weight is 453 g/mol. The third-order valence-corrected chi connectivity index (χ3v) is 8.60. The molecule has 0 aromatic carbocycles. The van der Waals surface area contributed by atoms with E-state index in [9.17, 15) is 0 Å². The van der Waals surface area contributed by atoms with Gasteiger partial charge in [-0.1, -0.05) is 61.3 Å². The van der Waals surface area contributed by atoms with Gasteiger partial charge in [0.1, 0.15) is 0 Å². The van der Waals surface area contributed by atoms with Gasteiger partial charge in [0.2, 0.25) is 0 Å². The van der Waals surface area contributed by atoms with Crippen molar-refractivity contribution in [1.29, 1.82) is 0 Å². The van der Waals surface area contributed by atoms with Crippen molar-refractivity contribution < 1.29 is 0 Å². The molecule has 3 heterocycles. The molecule has 192 valence electrons. The van der Waals surface area contributed by atoms with Gasteiger partial charge in [0, 0.05) is 38.3 Å². The minimum Gasteiger partial charge on any atom is -0.304 e. The first-order chi connectivity index (χ1) is 15.5. The molecule has 3 saturated heterocycles. The van der Waals surface area contributed by atoms with Gasteiger partial charge in [0.05, 0.1) is 0 Å². The Hall–Kier alpha value is -0.160. The molecule has 0 aliphatic carbocycles. The van der Waals surface area contributed by atoms with E-state index in [0.717, 1.165) is 12.1 Å². The highest BCUT2D eigenvalue weighted by molar-refractivity contribution is 4.86. The third kappa shape index (κ3) is 9.60. The first kappa shape index (κ1) is 29.9. The number of hydrogen-bond donors (Lipinski definition) is 0. The number of rotatable bonds is 7. The Kier molecular flexibility index (Phi) is 15.4. The molecule has 0 radical (unpaired) electrons. The highest BCUT2D eigenvalue weighted by atomic mass is 15.3. The largest absolute Gasteiger partial charge is 0.304 e. The van der Waals surface area contributed by atoms with Gasteiger partial charge in [-0.25, -0.2) is 0 Å². The van der Waals surface area contributed by atoms with Crippen molar-refractivity contribution in [3.05, 3.63) is 0 Å². The highest BCUT2D eigenvalue weighted by Crippen LogP contribution is 2.30. The second-order valence-corrected chi connectivity index (χ2v) is 10.3. The lowest BCUT2D eigenvalue weighted by Gasteiger charge is -2.40. The molecule has 4 heteroatoms. The van der Waals surface area contributed by atoms with Gasteiger partial charge in [-0.2, -0.15) is 0 Å². The first-order valence-corrected chi connectivity index (χ1v) is 14.4. The molecule has 3 aliphatic rings. The van der Waals surface area contributed by atoms with E-state index in [1.165, 1.54) is 110 Å². The lowest BCUT2D eigenvalue weighted by molar-refractivity contribution is 0.0884. The zero-order valence-corrected chi connectivity index (χ0v) is 23.5. The molecule has 3 fully saturated rings. The monoisotopic (exact) mass is 452 g/mol. The lowest BCUT2D eigenvalue weighted by atomic mass is 9.81. The van der Waals surface area contributed by atoms with Crippen molar-refractivity contribution in [2.45, 2.75) is 112 Å². The average Bonchev–Trinajstić information content (AvgIpc) is 3.12. The van der Waals surface area contributed by atoms with E-state index in [1.807, 2.05) is 27.7 Å². The molecule has 1 atom stereocenters. The van der Waals surface area contributed by atoms with E-state index < -0.39 is 0 Å². The van der Waals surface area contributed by atoms with Gasteiger partial charge in [0.15, 0.2) is 0 Å². The first-order valence-electron chi connectivity index (χ1n) is 14.4. The second-order valence-electron chi connectivity index (χ2n) is 10.3. The van der Waals surface area contributed by atoms with Crippen LogP contribution in [0.1, 0.15) is 99.8 Å². The zero-order valence-electron chi connectivity index (χ0n) is 23.5. The molecule has 3 aliphatic heterocycles. The molecule has 32 heavy (non-hydrogen) atoms. The van der Waals surface area contributed by atoms with Gasteiger partial charge < -0.3 is 14.7 Å². The van der Waals surface area contributed by atoms with Crippen LogP contribution in [0, 0.1) is 5.41 Å². The van der Waals surface area contributed by atoms with Crippen molar-refractivity contribution in [2.24, 2.45) is 5.41 Å². The Labute approximate surface area is 203 Å². The molecule has 0 amide bonds. The van der Waals surface area contributed by atoms with E-state index in [2.05, 4.69) is 47.4 Å². The van der Waals surface area contributed by atoms with Crippen molar-refractivity contribution >= 4 is 0 Å². The summed E-state index contributed by atoms with van der Waals surface area (Å²) < 4.78 is 0. The molecular weight excluding hydrogens is 392 g/mol. The Balaban J connectivity index is 0.00000121. The van der Waals surface area contributed by atoms with Crippen molar-refractivity contribution in [1.82, 2.24) is 19.6 Å². The Morgan fingerprint density at radius 2 is 1.16 bits per heavy atom. The van der Waals surface area contributed by atoms with Crippen LogP contribution in [-0.4, -0.2) is 97.6 Å². The number of likely N-dealkylation sites (tertiary alicyclic amines) is 2. The summed E-state index contributed by atoms with van der Waals surface area (Å²) in [6.45, 7) is 27.0. The SMILES string of the molecule is CC.CC.CCC(C)(CC)CCN1CCC(N2CCCC(N3CCN(C)CC3)CC2)CC1. The molecule has 4 nitrogen and oxygen atoms in total. The molecular formula is C28H60N4. The highest BCUT2D eigenvalue weighted by Gasteiger charge is 2.30. The third-order valence-electron chi connectivity index (χ3n) is 8.60. The van der Waals surface area contributed by atoms with Crippen LogP contribution in [0.4, 0.5) is 0 Å². The van der Waals surface area contributed by atoms with Crippen LogP contribution in [0.2, 0.25) is 0 Å². The van der Waals surface area contributed by atoms with Gasteiger partial charge in [0.25, 0.3) is 0 Å². The summed E-state index contributed by atoms with van der Waals surface area (Å²) in [4.78, 5) is 10.9. The normalized spacial score (nSPS) is 25.3. The number of piperazine rings is 1. The second kappa shape index (κ2) is 16.5. The van der Waals surface area contributed by atoms with Crippen LogP contribution >= 0.6 is 0 Å². The number of likely N-dealkylation sites (N-methyl/N-ethyl adjacent to an activating group) is 1. The Morgan fingerprint density at radius 3 is 1.72 bits per heavy atom. The minimum atomic E-state index is 0.555. The summed E-state index contributed by atoms with van der Waals surface area (Å²) in [5.74, 6) is 0. The van der Waals surface area contributed by atoms with Crippen molar-refractivity contribution in [2.75, 3.05) is 66.0 Å².